The number of carbonyl (C=O) groups is 1. The lowest BCUT2D eigenvalue weighted by Gasteiger charge is -1.97. The van der Waals surface area contributed by atoms with Crippen molar-refractivity contribution < 1.29 is 19.1 Å². The van der Waals surface area contributed by atoms with Crippen LogP contribution in [0.3, 0.4) is 0 Å². The highest BCUT2D eigenvalue weighted by atomic mass is 16.5. The molecule has 0 radical (unpaired) electrons. The van der Waals surface area contributed by atoms with E-state index in [-0.39, 0.29) is 6.42 Å². The summed E-state index contributed by atoms with van der Waals surface area (Å²) in [7, 11) is 1.55. The summed E-state index contributed by atoms with van der Waals surface area (Å²) in [5, 5.41) is 8.48. The summed E-state index contributed by atoms with van der Waals surface area (Å²) in [5.41, 5.74) is 0.792. The van der Waals surface area contributed by atoms with Crippen LogP contribution in [-0.4, -0.2) is 18.2 Å². The Hall–Kier alpha value is -1.29. The molecule has 66 valence electrons. The fraction of sp³-hybridized carbons (Fsp3) is 0.375. The standard InChI is InChI=1S/C8H10O4/c1-11-5-6-2-3-12-7(6)4-8(9)10/h2-3H,4-5H2,1H3,(H,9,10). The SMILES string of the molecule is COCc1ccoc1CC(=O)O. The Labute approximate surface area is 69.8 Å². The van der Waals surface area contributed by atoms with E-state index >= 15 is 0 Å². The summed E-state index contributed by atoms with van der Waals surface area (Å²) < 4.78 is 9.82. The average molecular weight is 170 g/mol. The van der Waals surface area contributed by atoms with E-state index in [0.717, 1.165) is 5.56 Å². The van der Waals surface area contributed by atoms with E-state index in [4.69, 9.17) is 14.3 Å². The Bertz CT molecular complexity index is 264. The summed E-state index contributed by atoms with van der Waals surface area (Å²) in [6.45, 7) is 0.388. The molecule has 1 aromatic rings. The number of carboxylic acid groups (broad SMARTS) is 1. The molecule has 0 aromatic carbocycles. The molecule has 1 heterocycles. The zero-order valence-corrected chi connectivity index (χ0v) is 6.74. The lowest BCUT2D eigenvalue weighted by atomic mass is 10.2. The fourth-order valence-corrected chi connectivity index (χ4v) is 0.944. The molecule has 12 heavy (non-hydrogen) atoms. The van der Waals surface area contributed by atoms with E-state index in [1.807, 2.05) is 0 Å². The van der Waals surface area contributed by atoms with E-state index in [1.54, 1.807) is 13.2 Å². The van der Waals surface area contributed by atoms with Crippen LogP contribution in [0.15, 0.2) is 16.7 Å². The van der Waals surface area contributed by atoms with Gasteiger partial charge in [-0.2, -0.15) is 0 Å². The molecule has 0 spiro atoms. The minimum absolute atomic E-state index is 0.0916. The molecule has 1 aromatic heterocycles. The van der Waals surface area contributed by atoms with Crippen LogP contribution in [0.4, 0.5) is 0 Å². The third kappa shape index (κ3) is 2.10. The largest absolute Gasteiger partial charge is 0.481 e. The molecule has 4 heteroatoms. The first-order valence-electron chi connectivity index (χ1n) is 3.50. The summed E-state index contributed by atoms with van der Waals surface area (Å²) in [6, 6.07) is 1.71. The molecular formula is C8H10O4. The fourth-order valence-electron chi connectivity index (χ4n) is 0.944. The van der Waals surface area contributed by atoms with Crippen molar-refractivity contribution in [1.82, 2.24) is 0 Å². The lowest BCUT2D eigenvalue weighted by molar-refractivity contribution is -0.136. The topological polar surface area (TPSA) is 59.7 Å². The van der Waals surface area contributed by atoms with Gasteiger partial charge >= 0.3 is 5.97 Å². The van der Waals surface area contributed by atoms with Gasteiger partial charge in [-0.1, -0.05) is 0 Å². The van der Waals surface area contributed by atoms with Gasteiger partial charge in [-0.25, -0.2) is 0 Å². The number of rotatable bonds is 4. The average Bonchev–Trinajstić information content (AvgIpc) is 2.37. The number of ether oxygens (including phenoxy) is 1. The summed E-state index contributed by atoms with van der Waals surface area (Å²) in [5.74, 6) is -0.438. The van der Waals surface area contributed by atoms with E-state index in [9.17, 15) is 4.79 Å². The van der Waals surface area contributed by atoms with Crippen LogP contribution in [0, 0.1) is 0 Å². The molecule has 0 saturated carbocycles. The van der Waals surface area contributed by atoms with Crippen molar-refractivity contribution in [2.24, 2.45) is 0 Å². The number of furan rings is 1. The van der Waals surface area contributed by atoms with Crippen molar-refractivity contribution in [1.29, 1.82) is 0 Å². The Morgan fingerprint density at radius 1 is 1.75 bits per heavy atom. The molecule has 1 N–H and O–H groups in total. The second kappa shape index (κ2) is 3.92. The van der Waals surface area contributed by atoms with Gasteiger partial charge in [0.2, 0.25) is 0 Å². The van der Waals surface area contributed by atoms with Crippen LogP contribution < -0.4 is 0 Å². The van der Waals surface area contributed by atoms with Gasteiger partial charge in [0.25, 0.3) is 0 Å². The second-order valence-electron chi connectivity index (χ2n) is 2.37. The van der Waals surface area contributed by atoms with Gasteiger partial charge in [0.05, 0.1) is 12.9 Å². The second-order valence-corrected chi connectivity index (χ2v) is 2.37. The third-order valence-electron chi connectivity index (χ3n) is 1.45. The van der Waals surface area contributed by atoms with Crippen LogP contribution in [0.25, 0.3) is 0 Å². The van der Waals surface area contributed by atoms with Crippen LogP contribution in [0.5, 0.6) is 0 Å². The molecule has 4 nitrogen and oxygen atoms in total. The Morgan fingerprint density at radius 2 is 2.50 bits per heavy atom. The third-order valence-corrected chi connectivity index (χ3v) is 1.45. The number of carboxylic acids is 1. The van der Waals surface area contributed by atoms with Gasteiger partial charge < -0.3 is 14.3 Å². The minimum Gasteiger partial charge on any atom is -0.481 e. The zero-order valence-electron chi connectivity index (χ0n) is 6.74. The molecule has 0 bridgehead atoms. The van der Waals surface area contributed by atoms with Gasteiger partial charge in [0.15, 0.2) is 0 Å². The lowest BCUT2D eigenvalue weighted by Crippen LogP contribution is -2.01. The molecule has 0 unspecified atom stereocenters. The van der Waals surface area contributed by atoms with Crippen molar-refractivity contribution in [3.63, 3.8) is 0 Å². The maximum atomic E-state index is 10.3. The van der Waals surface area contributed by atoms with Crippen molar-refractivity contribution >= 4 is 5.97 Å². The maximum absolute atomic E-state index is 10.3. The Balaban J connectivity index is 2.69. The van der Waals surface area contributed by atoms with E-state index < -0.39 is 5.97 Å². The number of methoxy groups -OCH3 is 1. The van der Waals surface area contributed by atoms with Crippen molar-refractivity contribution in [3.8, 4) is 0 Å². The van der Waals surface area contributed by atoms with Crippen molar-refractivity contribution in [3.05, 3.63) is 23.7 Å². The first-order valence-corrected chi connectivity index (χ1v) is 3.50. The summed E-state index contributed by atoms with van der Waals surface area (Å²) in [6.07, 6.45) is 1.37. The van der Waals surface area contributed by atoms with Gasteiger partial charge in [-0.3, -0.25) is 4.79 Å². The molecule has 0 fully saturated rings. The quantitative estimate of drug-likeness (QED) is 0.733. The molecule has 0 aliphatic heterocycles. The highest BCUT2D eigenvalue weighted by molar-refractivity contribution is 5.69. The van der Waals surface area contributed by atoms with E-state index in [0.29, 0.717) is 12.4 Å². The first kappa shape index (κ1) is 8.80. The van der Waals surface area contributed by atoms with E-state index in [2.05, 4.69) is 0 Å². The van der Waals surface area contributed by atoms with E-state index in [1.165, 1.54) is 6.26 Å². The predicted octanol–water partition coefficient (Wildman–Crippen LogP) is 1.05. The highest BCUT2D eigenvalue weighted by Gasteiger charge is 2.09. The zero-order chi connectivity index (χ0) is 8.97. The Kier molecular flexibility index (Phi) is 2.88. The van der Waals surface area contributed by atoms with Crippen LogP contribution in [-0.2, 0) is 22.6 Å². The molecule has 0 aliphatic carbocycles. The first-order chi connectivity index (χ1) is 5.74. The normalized spacial score (nSPS) is 10.1. The predicted molar refractivity (Wildman–Crippen MR) is 40.8 cm³/mol. The molecule has 0 aliphatic rings. The number of hydrogen-bond acceptors (Lipinski definition) is 3. The van der Waals surface area contributed by atoms with Gasteiger partial charge in [0, 0.05) is 12.7 Å². The highest BCUT2D eigenvalue weighted by Crippen LogP contribution is 2.11. The smallest absolute Gasteiger partial charge is 0.311 e. The number of aliphatic carboxylic acids is 1. The van der Waals surface area contributed by atoms with Crippen LogP contribution in [0.1, 0.15) is 11.3 Å². The monoisotopic (exact) mass is 170 g/mol. The molecule has 0 atom stereocenters. The molecular weight excluding hydrogens is 160 g/mol. The summed E-state index contributed by atoms with van der Waals surface area (Å²) >= 11 is 0. The molecule has 0 saturated heterocycles. The maximum Gasteiger partial charge on any atom is 0.311 e. The van der Waals surface area contributed by atoms with Gasteiger partial charge in [0.1, 0.15) is 12.2 Å². The van der Waals surface area contributed by atoms with Crippen molar-refractivity contribution in [2.45, 2.75) is 13.0 Å². The Morgan fingerprint density at radius 3 is 3.08 bits per heavy atom. The van der Waals surface area contributed by atoms with Gasteiger partial charge in [-0.15, -0.1) is 0 Å². The van der Waals surface area contributed by atoms with Gasteiger partial charge in [-0.05, 0) is 6.07 Å². The van der Waals surface area contributed by atoms with Crippen LogP contribution >= 0.6 is 0 Å². The summed E-state index contributed by atoms with van der Waals surface area (Å²) in [4.78, 5) is 10.3. The minimum atomic E-state index is -0.901. The molecule has 0 amide bonds. The number of hydrogen-bond donors (Lipinski definition) is 1. The molecule has 1 rings (SSSR count). The van der Waals surface area contributed by atoms with Crippen molar-refractivity contribution in [2.75, 3.05) is 7.11 Å². The van der Waals surface area contributed by atoms with Crippen LogP contribution in [0.2, 0.25) is 0 Å².